The van der Waals surface area contributed by atoms with Crippen LogP contribution in [0.2, 0.25) is 0 Å². The van der Waals surface area contributed by atoms with Crippen molar-refractivity contribution in [2.45, 2.75) is 12.5 Å². The molecular weight excluding hydrogens is 256 g/mol. The van der Waals surface area contributed by atoms with Gasteiger partial charge in [-0.2, -0.15) is 11.8 Å². The van der Waals surface area contributed by atoms with Gasteiger partial charge in [0.2, 0.25) is 5.95 Å². The molecule has 100 valence electrons. The molecule has 0 bridgehead atoms. The lowest BCUT2D eigenvalue weighted by Crippen LogP contribution is -2.33. The number of hydrogen-bond acceptors (Lipinski definition) is 4. The Balaban J connectivity index is 1.90. The van der Waals surface area contributed by atoms with Crippen LogP contribution in [0.4, 0.5) is 5.95 Å². The first kappa shape index (κ1) is 12.5. The van der Waals surface area contributed by atoms with Crippen LogP contribution in [-0.4, -0.2) is 39.4 Å². The van der Waals surface area contributed by atoms with Crippen LogP contribution in [0, 0.1) is 0 Å². The zero-order valence-electron chi connectivity index (χ0n) is 11.3. The lowest BCUT2D eigenvalue weighted by molar-refractivity contribution is 0.666. The molecule has 19 heavy (non-hydrogen) atoms. The van der Waals surface area contributed by atoms with E-state index in [2.05, 4.69) is 38.8 Å². The summed E-state index contributed by atoms with van der Waals surface area (Å²) in [5.74, 6) is 4.31. The van der Waals surface area contributed by atoms with Crippen molar-refractivity contribution in [2.75, 3.05) is 23.5 Å². The highest BCUT2D eigenvalue weighted by Gasteiger charge is 2.24. The van der Waals surface area contributed by atoms with E-state index in [0.29, 0.717) is 6.04 Å². The first-order valence-corrected chi connectivity index (χ1v) is 7.68. The maximum absolute atomic E-state index is 4.37. The zero-order chi connectivity index (χ0) is 13.2. The molecule has 1 unspecified atom stereocenters. The summed E-state index contributed by atoms with van der Waals surface area (Å²) in [6, 6.07) is 10.8. The zero-order valence-corrected chi connectivity index (χ0v) is 12.1. The van der Waals surface area contributed by atoms with Gasteiger partial charge in [0.25, 0.3) is 0 Å². The highest BCUT2D eigenvalue weighted by atomic mass is 32.2. The molecule has 1 aromatic carbocycles. The highest BCUT2D eigenvalue weighted by Crippen LogP contribution is 2.26. The van der Waals surface area contributed by atoms with Crippen molar-refractivity contribution in [1.29, 1.82) is 0 Å². The van der Waals surface area contributed by atoms with E-state index >= 15 is 0 Å². The Morgan fingerprint density at radius 1 is 1.26 bits per heavy atom. The molecule has 1 fully saturated rings. The topological polar surface area (TPSA) is 34.0 Å². The Morgan fingerprint density at radius 3 is 2.74 bits per heavy atom. The molecule has 0 N–H and O–H groups in total. The summed E-state index contributed by atoms with van der Waals surface area (Å²) < 4.78 is 2.08. The van der Waals surface area contributed by atoms with E-state index in [-0.39, 0.29) is 0 Å². The summed E-state index contributed by atoms with van der Waals surface area (Å²) in [7, 11) is 4.16. The maximum Gasteiger partial charge on any atom is 0.227 e. The van der Waals surface area contributed by atoms with Gasteiger partial charge in [0.15, 0.2) is 5.82 Å². The third-order valence-electron chi connectivity index (χ3n) is 3.65. The third kappa shape index (κ3) is 2.34. The van der Waals surface area contributed by atoms with E-state index in [1.807, 2.05) is 37.0 Å². The van der Waals surface area contributed by atoms with Crippen molar-refractivity contribution in [3.8, 4) is 11.4 Å². The maximum atomic E-state index is 4.37. The number of nitrogens with zero attached hydrogens (tertiary/aromatic N) is 4. The Labute approximate surface area is 117 Å². The van der Waals surface area contributed by atoms with Crippen LogP contribution < -0.4 is 4.90 Å². The van der Waals surface area contributed by atoms with Gasteiger partial charge in [-0.3, -0.25) is 4.57 Å². The molecule has 0 spiro atoms. The number of benzene rings is 1. The minimum atomic E-state index is 0.580. The van der Waals surface area contributed by atoms with Gasteiger partial charge in [-0.25, -0.2) is 0 Å². The molecule has 2 aromatic rings. The molecule has 1 saturated heterocycles. The van der Waals surface area contributed by atoms with Gasteiger partial charge < -0.3 is 4.90 Å². The van der Waals surface area contributed by atoms with E-state index in [4.69, 9.17) is 0 Å². The smallest absolute Gasteiger partial charge is 0.227 e. The minimum absolute atomic E-state index is 0.580. The van der Waals surface area contributed by atoms with E-state index in [1.54, 1.807) is 0 Å². The Hall–Kier alpha value is -1.49. The molecule has 3 rings (SSSR count). The lowest BCUT2D eigenvalue weighted by atomic mass is 10.2. The first-order chi connectivity index (χ1) is 9.27. The van der Waals surface area contributed by atoms with E-state index in [1.165, 1.54) is 17.9 Å². The molecule has 4 nitrogen and oxygen atoms in total. The first-order valence-electron chi connectivity index (χ1n) is 6.53. The molecule has 0 saturated carbocycles. The number of anilines is 1. The predicted molar refractivity (Wildman–Crippen MR) is 80.6 cm³/mol. The molecule has 5 heteroatoms. The predicted octanol–water partition coefficient (Wildman–Crippen LogP) is 2.42. The Kier molecular flexibility index (Phi) is 3.46. The van der Waals surface area contributed by atoms with Crippen LogP contribution >= 0.6 is 11.8 Å². The van der Waals surface area contributed by atoms with Crippen molar-refractivity contribution >= 4 is 17.7 Å². The van der Waals surface area contributed by atoms with Crippen LogP contribution in [0.5, 0.6) is 0 Å². The molecule has 1 atom stereocenters. The van der Waals surface area contributed by atoms with E-state index < -0.39 is 0 Å². The van der Waals surface area contributed by atoms with Gasteiger partial charge in [-0.1, -0.05) is 30.3 Å². The standard InChI is InChI=1S/C14H18N4S/c1-17(12-8-9-19-10-12)14-16-15-13(18(14)2)11-6-4-3-5-7-11/h3-7,12H,8-10H2,1-2H3. The third-order valence-corrected chi connectivity index (χ3v) is 4.80. The van der Waals surface area contributed by atoms with Crippen LogP contribution in [0.25, 0.3) is 11.4 Å². The fourth-order valence-electron chi connectivity index (χ4n) is 2.46. The van der Waals surface area contributed by atoms with Gasteiger partial charge >= 0.3 is 0 Å². The van der Waals surface area contributed by atoms with Crippen molar-refractivity contribution in [3.63, 3.8) is 0 Å². The molecular formula is C14H18N4S. The monoisotopic (exact) mass is 274 g/mol. The van der Waals surface area contributed by atoms with E-state index in [9.17, 15) is 0 Å². The van der Waals surface area contributed by atoms with E-state index in [0.717, 1.165) is 17.3 Å². The minimum Gasteiger partial charge on any atom is -0.340 e. The van der Waals surface area contributed by atoms with Gasteiger partial charge in [0.05, 0.1) is 0 Å². The van der Waals surface area contributed by atoms with Gasteiger partial charge in [-0.15, -0.1) is 10.2 Å². The molecule has 1 aromatic heterocycles. The van der Waals surface area contributed by atoms with Gasteiger partial charge in [0, 0.05) is 31.5 Å². The fourth-order valence-corrected chi connectivity index (χ4v) is 3.73. The summed E-state index contributed by atoms with van der Waals surface area (Å²) in [6.07, 6.45) is 1.23. The number of aromatic nitrogens is 3. The van der Waals surface area contributed by atoms with Crippen molar-refractivity contribution in [3.05, 3.63) is 30.3 Å². The summed E-state index contributed by atoms with van der Waals surface area (Å²) in [6.45, 7) is 0. The lowest BCUT2D eigenvalue weighted by Gasteiger charge is -2.24. The second-order valence-corrected chi connectivity index (χ2v) is 6.03. The molecule has 0 amide bonds. The molecule has 1 aliphatic rings. The van der Waals surface area contributed by atoms with Crippen LogP contribution in [0.3, 0.4) is 0 Å². The molecule has 2 heterocycles. The Morgan fingerprint density at radius 2 is 2.05 bits per heavy atom. The number of rotatable bonds is 3. The van der Waals surface area contributed by atoms with Crippen molar-refractivity contribution in [2.24, 2.45) is 7.05 Å². The second-order valence-electron chi connectivity index (χ2n) is 4.88. The average molecular weight is 274 g/mol. The Bertz CT molecular complexity index is 546. The largest absolute Gasteiger partial charge is 0.340 e. The van der Waals surface area contributed by atoms with Crippen LogP contribution in [-0.2, 0) is 7.05 Å². The molecule has 0 radical (unpaired) electrons. The van der Waals surface area contributed by atoms with Crippen molar-refractivity contribution in [1.82, 2.24) is 14.8 Å². The summed E-state index contributed by atoms with van der Waals surface area (Å²) >= 11 is 2.02. The fraction of sp³-hybridized carbons (Fsp3) is 0.429. The van der Waals surface area contributed by atoms with Crippen LogP contribution in [0.1, 0.15) is 6.42 Å². The summed E-state index contributed by atoms with van der Waals surface area (Å²) in [4.78, 5) is 2.26. The van der Waals surface area contributed by atoms with Gasteiger partial charge in [-0.05, 0) is 12.2 Å². The number of hydrogen-bond donors (Lipinski definition) is 0. The van der Waals surface area contributed by atoms with Crippen LogP contribution in [0.15, 0.2) is 30.3 Å². The second kappa shape index (κ2) is 5.25. The number of thioether (sulfide) groups is 1. The summed E-state index contributed by atoms with van der Waals surface area (Å²) in [5, 5.41) is 8.71. The van der Waals surface area contributed by atoms with Crippen molar-refractivity contribution < 1.29 is 0 Å². The SMILES string of the molecule is CN(c1nnc(-c2ccccc2)n1C)C1CCSC1. The quantitative estimate of drug-likeness (QED) is 0.861. The average Bonchev–Trinajstić information content (AvgIpc) is 3.08. The molecule has 0 aliphatic carbocycles. The summed E-state index contributed by atoms with van der Waals surface area (Å²) in [5.41, 5.74) is 1.11. The van der Waals surface area contributed by atoms with Gasteiger partial charge in [0.1, 0.15) is 0 Å². The normalized spacial score (nSPS) is 18.7. The highest BCUT2D eigenvalue weighted by molar-refractivity contribution is 7.99. The molecule has 1 aliphatic heterocycles.